The minimum atomic E-state index is -0.142. The van der Waals surface area contributed by atoms with Crippen molar-refractivity contribution in [1.29, 1.82) is 0 Å². The number of aromatic nitrogens is 1. The Hall–Kier alpha value is -2.15. The van der Waals surface area contributed by atoms with Crippen LogP contribution in [0, 0.1) is 13.8 Å². The van der Waals surface area contributed by atoms with Crippen molar-refractivity contribution in [2.45, 2.75) is 45.7 Å². The van der Waals surface area contributed by atoms with E-state index in [9.17, 15) is 14.4 Å². The summed E-state index contributed by atoms with van der Waals surface area (Å²) in [5.41, 5.74) is 2.37. The smallest absolute Gasteiger partial charge is 0.240 e. The third-order valence-electron chi connectivity index (χ3n) is 4.39. The Morgan fingerprint density at radius 3 is 2.74 bits per heavy atom. The first-order valence-electron chi connectivity index (χ1n) is 7.93. The Morgan fingerprint density at radius 2 is 2.13 bits per heavy atom. The highest BCUT2D eigenvalue weighted by atomic mass is 16.2. The lowest BCUT2D eigenvalue weighted by molar-refractivity contribution is -0.121. The van der Waals surface area contributed by atoms with Crippen LogP contribution in [0.3, 0.4) is 0 Å². The molecular formula is C16H24N4O3. The standard InChI is InChI=1S/C16H24N4O3/c1-11-14(9-21)20(12(2)16(11)19-10-22)8-15(23)18-7-13-5-3-4-6-17-13/h9-10,13,17H,3-8H2,1-2H3,(H,18,23)(H,19,22). The molecule has 1 aliphatic heterocycles. The van der Waals surface area contributed by atoms with Crippen LogP contribution < -0.4 is 16.0 Å². The number of anilines is 1. The molecule has 2 rings (SSSR count). The van der Waals surface area contributed by atoms with Crippen LogP contribution >= 0.6 is 0 Å². The van der Waals surface area contributed by atoms with Gasteiger partial charge in [0.15, 0.2) is 6.29 Å². The van der Waals surface area contributed by atoms with Crippen LogP contribution in [0.2, 0.25) is 0 Å². The predicted molar refractivity (Wildman–Crippen MR) is 87.6 cm³/mol. The number of rotatable bonds is 7. The highest BCUT2D eigenvalue weighted by Gasteiger charge is 2.19. The van der Waals surface area contributed by atoms with Crippen molar-refractivity contribution in [3.63, 3.8) is 0 Å². The zero-order valence-corrected chi connectivity index (χ0v) is 13.6. The summed E-state index contributed by atoms with van der Waals surface area (Å²) >= 11 is 0. The van der Waals surface area contributed by atoms with Gasteiger partial charge in [-0.15, -0.1) is 0 Å². The summed E-state index contributed by atoms with van der Waals surface area (Å²) in [6.45, 7) is 5.18. The van der Waals surface area contributed by atoms with Gasteiger partial charge in [0.05, 0.1) is 11.4 Å². The molecule has 1 saturated heterocycles. The molecule has 3 N–H and O–H groups in total. The van der Waals surface area contributed by atoms with Gasteiger partial charge < -0.3 is 20.5 Å². The molecule has 7 nitrogen and oxygen atoms in total. The maximum atomic E-state index is 12.2. The molecule has 0 bridgehead atoms. The predicted octanol–water partition coefficient (Wildman–Crippen LogP) is 0.744. The Labute approximate surface area is 135 Å². The molecule has 1 unspecified atom stereocenters. The average molecular weight is 320 g/mol. The summed E-state index contributed by atoms with van der Waals surface area (Å²) in [6.07, 6.45) is 4.72. The van der Waals surface area contributed by atoms with Gasteiger partial charge in [0.25, 0.3) is 0 Å². The lowest BCUT2D eigenvalue weighted by Gasteiger charge is -2.23. The molecule has 0 saturated carbocycles. The maximum absolute atomic E-state index is 12.2. The molecule has 2 heterocycles. The van der Waals surface area contributed by atoms with Crippen LogP contribution in [0.25, 0.3) is 0 Å². The van der Waals surface area contributed by atoms with Crippen LogP contribution in [-0.4, -0.2) is 42.3 Å². The van der Waals surface area contributed by atoms with E-state index in [0.717, 1.165) is 13.0 Å². The highest BCUT2D eigenvalue weighted by molar-refractivity contribution is 5.86. The largest absolute Gasteiger partial charge is 0.353 e. The molecule has 0 radical (unpaired) electrons. The van der Waals surface area contributed by atoms with Crippen LogP contribution in [0.1, 0.15) is 41.0 Å². The molecule has 1 aliphatic rings. The molecule has 1 atom stereocenters. The number of amides is 2. The molecule has 2 amide bonds. The molecule has 0 aliphatic carbocycles. The van der Waals surface area contributed by atoms with Crippen LogP contribution in [0.15, 0.2) is 0 Å². The summed E-state index contributed by atoms with van der Waals surface area (Å²) < 4.78 is 1.64. The first kappa shape index (κ1) is 17.2. The second kappa shape index (κ2) is 7.92. The van der Waals surface area contributed by atoms with E-state index in [1.54, 1.807) is 18.4 Å². The van der Waals surface area contributed by atoms with Crippen LogP contribution in [0.4, 0.5) is 5.69 Å². The fourth-order valence-electron chi connectivity index (χ4n) is 3.08. The summed E-state index contributed by atoms with van der Waals surface area (Å²) in [5.74, 6) is -0.142. The number of hydrogen-bond donors (Lipinski definition) is 3. The second-order valence-electron chi connectivity index (χ2n) is 5.89. The lowest BCUT2D eigenvalue weighted by Crippen LogP contribution is -2.44. The Kier molecular flexibility index (Phi) is 5.92. The number of carbonyl (C=O) groups is 3. The van der Waals surface area contributed by atoms with Gasteiger partial charge in [0, 0.05) is 23.8 Å². The quantitative estimate of drug-likeness (QED) is 0.646. The van der Waals surface area contributed by atoms with E-state index in [0.29, 0.717) is 47.9 Å². The molecule has 1 fully saturated rings. The van der Waals surface area contributed by atoms with Gasteiger partial charge in [-0.25, -0.2) is 0 Å². The lowest BCUT2D eigenvalue weighted by atomic mass is 10.1. The summed E-state index contributed by atoms with van der Waals surface area (Å²) in [6, 6.07) is 0.318. The first-order valence-corrected chi connectivity index (χ1v) is 7.93. The third kappa shape index (κ3) is 3.98. The van der Waals surface area contributed by atoms with Crippen LogP contribution in [-0.2, 0) is 16.1 Å². The average Bonchev–Trinajstić information content (AvgIpc) is 2.78. The van der Waals surface area contributed by atoms with Gasteiger partial charge in [0.2, 0.25) is 12.3 Å². The second-order valence-corrected chi connectivity index (χ2v) is 5.89. The summed E-state index contributed by atoms with van der Waals surface area (Å²) in [7, 11) is 0. The van der Waals surface area contributed by atoms with Crippen molar-refractivity contribution < 1.29 is 14.4 Å². The van der Waals surface area contributed by atoms with Crippen molar-refractivity contribution in [3.05, 3.63) is 17.0 Å². The van der Waals surface area contributed by atoms with E-state index < -0.39 is 0 Å². The molecule has 0 spiro atoms. The SMILES string of the molecule is Cc1c(NC=O)c(C)n(CC(=O)NCC2CCCCN2)c1C=O. The Bertz CT molecular complexity index is 589. The zero-order valence-electron chi connectivity index (χ0n) is 13.6. The Balaban J connectivity index is 2.03. The van der Waals surface area contributed by atoms with E-state index in [4.69, 9.17) is 0 Å². The number of aldehydes is 1. The van der Waals surface area contributed by atoms with Gasteiger partial charge in [-0.05, 0) is 33.2 Å². The van der Waals surface area contributed by atoms with Gasteiger partial charge in [0.1, 0.15) is 6.54 Å². The van der Waals surface area contributed by atoms with Crippen LogP contribution in [0.5, 0.6) is 0 Å². The van der Waals surface area contributed by atoms with Gasteiger partial charge in [-0.1, -0.05) is 6.42 Å². The normalized spacial score (nSPS) is 17.6. The fraction of sp³-hybridized carbons (Fsp3) is 0.562. The monoisotopic (exact) mass is 320 g/mol. The van der Waals surface area contributed by atoms with E-state index >= 15 is 0 Å². The van der Waals surface area contributed by atoms with Crippen molar-refractivity contribution in [2.75, 3.05) is 18.4 Å². The zero-order chi connectivity index (χ0) is 16.8. The van der Waals surface area contributed by atoms with Gasteiger partial charge >= 0.3 is 0 Å². The molecular weight excluding hydrogens is 296 g/mol. The third-order valence-corrected chi connectivity index (χ3v) is 4.39. The molecule has 0 aromatic carbocycles. The first-order chi connectivity index (χ1) is 11.1. The van der Waals surface area contributed by atoms with Crippen molar-refractivity contribution in [2.24, 2.45) is 0 Å². The van der Waals surface area contributed by atoms with Crippen molar-refractivity contribution in [1.82, 2.24) is 15.2 Å². The topological polar surface area (TPSA) is 92.2 Å². The molecule has 23 heavy (non-hydrogen) atoms. The van der Waals surface area contributed by atoms with E-state index in [-0.39, 0.29) is 12.5 Å². The van der Waals surface area contributed by atoms with Crippen molar-refractivity contribution in [3.8, 4) is 0 Å². The number of nitrogens with one attached hydrogen (secondary N) is 3. The fourth-order valence-corrected chi connectivity index (χ4v) is 3.08. The minimum absolute atomic E-state index is 0.0635. The minimum Gasteiger partial charge on any atom is -0.353 e. The molecule has 1 aromatic rings. The maximum Gasteiger partial charge on any atom is 0.240 e. The number of piperidine rings is 1. The van der Waals surface area contributed by atoms with E-state index in [2.05, 4.69) is 16.0 Å². The summed E-state index contributed by atoms with van der Waals surface area (Å²) in [5, 5.41) is 8.88. The number of hydrogen-bond acceptors (Lipinski definition) is 4. The van der Waals surface area contributed by atoms with Gasteiger partial charge in [-0.3, -0.25) is 14.4 Å². The van der Waals surface area contributed by atoms with Gasteiger partial charge in [-0.2, -0.15) is 0 Å². The molecule has 1 aromatic heterocycles. The van der Waals surface area contributed by atoms with Crippen molar-refractivity contribution >= 4 is 24.3 Å². The molecule has 126 valence electrons. The van der Waals surface area contributed by atoms with E-state index in [1.165, 1.54) is 12.8 Å². The Morgan fingerprint density at radius 1 is 1.35 bits per heavy atom. The number of carbonyl (C=O) groups excluding carboxylic acids is 3. The highest BCUT2D eigenvalue weighted by Crippen LogP contribution is 2.25. The van der Waals surface area contributed by atoms with E-state index in [1.807, 2.05) is 0 Å². The molecule has 7 heteroatoms. The number of nitrogens with zero attached hydrogens (tertiary/aromatic N) is 1. The summed E-state index contributed by atoms with van der Waals surface area (Å²) in [4.78, 5) is 34.2.